The SMILES string of the molecule is CCCCCCCCCCCCCCCCCCCC=C[n+]1ccccc1.[Cl-]. The molecule has 0 saturated heterocycles. The van der Waals surface area contributed by atoms with E-state index in [1.807, 2.05) is 0 Å². The lowest BCUT2D eigenvalue weighted by molar-refractivity contribution is -0.568. The predicted molar refractivity (Wildman–Crippen MR) is 121 cm³/mol. The molecule has 0 spiro atoms. The predicted octanol–water partition coefficient (Wildman–Crippen LogP) is 5.49. The smallest absolute Gasteiger partial charge is 0.174 e. The van der Waals surface area contributed by atoms with E-state index < -0.39 is 0 Å². The molecular weight excluding hydrogens is 362 g/mol. The van der Waals surface area contributed by atoms with Gasteiger partial charge in [0.1, 0.15) is 0 Å². The van der Waals surface area contributed by atoms with Gasteiger partial charge in [0.15, 0.2) is 18.6 Å². The van der Waals surface area contributed by atoms with Crippen LogP contribution in [-0.2, 0) is 0 Å². The number of hydrogen-bond donors (Lipinski definition) is 0. The van der Waals surface area contributed by atoms with Crippen molar-refractivity contribution in [3.63, 3.8) is 0 Å². The van der Waals surface area contributed by atoms with Crippen molar-refractivity contribution in [2.45, 2.75) is 122 Å². The minimum atomic E-state index is 0. The van der Waals surface area contributed by atoms with Gasteiger partial charge in [0.2, 0.25) is 0 Å². The van der Waals surface area contributed by atoms with E-state index >= 15 is 0 Å². The molecule has 0 saturated carbocycles. The number of allylic oxidation sites excluding steroid dienone is 1. The molecule has 0 aliphatic heterocycles. The minimum Gasteiger partial charge on any atom is -1.00 e. The standard InChI is InChI=1S/C26H46N.ClH/c1-2-3-4-5-6-7-8-9-10-11-12-13-14-15-16-17-18-19-21-24-27-25-22-20-23-26-27;/h20-26H,2-19H2,1H3;1H/q+1;/p-1. The van der Waals surface area contributed by atoms with E-state index in [2.05, 4.69) is 54.4 Å². The van der Waals surface area contributed by atoms with Gasteiger partial charge in [-0.05, 0) is 18.9 Å². The molecule has 0 unspecified atom stereocenters. The van der Waals surface area contributed by atoms with Crippen LogP contribution in [0.2, 0.25) is 0 Å². The normalized spacial score (nSPS) is 11.0. The summed E-state index contributed by atoms with van der Waals surface area (Å²) in [6.45, 7) is 2.30. The third kappa shape index (κ3) is 18.5. The van der Waals surface area contributed by atoms with Gasteiger partial charge in [0.05, 0.1) is 0 Å². The lowest BCUT2D eigenvalue weighted by Crippen LogP contribution is -3.00. The van der Waals surface area contributed by atoms with Crippen molar-refractivity contribution >= 4 is 6.20 Å². The molecule has 0 fully saturated rings. The van der Waals surface area contributed by atoms with Gasteiger partial charge in [-0.1, -0.05) is 116 Å². The average molecular weight is 408 g/mol. The zero-order valence-electron chi connectivity index (χ0n) is 18.6. The molecule has 1 heterocycles. The van der Waals surface area contributed by atoms with Crippen molar-refractivity contribution in [1.82, 2.24) is 0 Å². The molecule has 0 atom stereocenters. The largest absolute Gasteiger partial charge is 1.00 e. The van der Waals surface area contributed by atoms with Gasteiger partial charge in [-0.2, -0.15) is 4.57 Å². The van der Waals surface area contributed by atoms with Crippen molar-refractivity contribution < 1.29 is 17.0 Å². The monoisotopic (exact) mass is 407 g/mol. The maximum absolute atomic E-state index is 2.30. The Labute approximate surface area is 182 Å². The molecule has 28 heavy (non-hydrogen) atoms. The van der Waals surface area contributed by atoms with Crippen molar-refractivity contribution in [3.8, 4) is 0 Å². The number of pyridine rings is 1. The Balaban J connectivity index is 0.00000729. The fraction of sp³-hybridized carbons (Fsp3) is 0.731. The van der Waals surface area contributed by atoms with Crippen LogP contribution in [0.5, 0.6) is 0 Å². The number of nitrogens with zero attached hydrogens (tertiary/aromatic N) is 1. The molecule has 1 aromatic rings. The first-order chi connectivity index (χ1) is 13.4. The summed E-state index contributed by atoms with van der Waals surface area (Å²) in [7, 11) is 0. The van der Waals surface area contributed by atoms with Gasteiger partial charge in [-0.3, -0.25) is 0 Å². The van der Waals surface area contributed by atoms with Crippen LogP contribution >= 0.6 is 0 Å². The highest BCUT2D eigenvalue weighted by Gasteiger charge is 1.95. The van der Waals surface area contributed by atoms with Gasteiger partial charge in [-0.25, -0.2) is 0 Å². The zero-order valence-corrected chi connectivity index (χ0v) is 19.4. The van der Waals surface area contributed by atoms with Gasteiger partial charge in [-0.15, -0.1) is 0 Å². The number of rotatable bonds is 19. The Bertz CT molecular complexity index is 429. The molecule has 0 aliphatic carbocycles. The maximum atomic E-state index is 2.30. The first-order valence-corrected chi connectivity index (χ1v) is 12.1. The molecule has 0 bridgehead atoms. The molecule has 0 aromatic carbocycles. The van der Waals surface area contributed by atoms with Crippen LogP contribution in [0.25, 0.3) is 6.20 Å². The highest BCUT2D eigenvalue weighted by molar-refractivity contribution is 5.06. The fourth-order valence-corrected chi connectivity index (χ4v) is 3.69. The molecule has 2 heteroatoms. The number of aromatic nitrogens is 1. The van der Waals surface area contributed by atoms with E-state index in [9.17, 15) is 0 Å². The number of unbranched alkanes of at least 4 members (excludes halogenated alkanes) is 17. The second kappa shape index (κ2) is 22.5. The quantitative estimate of drug-likeness (QED) is 0.211. The second-order valence-corrected chi connectivity index (χ2v) is 8.15. The lowest BCUT2D eigenvalue weighted by Gasteiger charge is -2.03. The summed E-state index contributed by atoms with van der Waals surface area (Å²) < 4.78 is 2.12. The summed E-state index contributed by atoms with van der Waals surface area (Å²) in [5.41, 5.74) is 0. The summed E-state index contributed by atoms with van der Waals surface area (Å²) in [6, 6.07) is 6.20. The highest BCUT2D eigenvalue weighted by Crippen LogP contribution is 2.14. The third-order valence-electron chi connectivity index (χ3n) is 5.49. The summed E-state index contributed by atoms with van der Waals surface area (Å²) in [4.78, 5) is 0. The van der Waals surface area contributed by atoms with Crippen molar-refractivity contribution in [2.24, 2.45) is 0 Å². The van der Waals surface area contributed by atoms with E-state index in [0.717, 1.165) is 0 Å². The Hall–Kier alpha value is -0.820. The lowest BCUT2D eigenvalue weighted by atomic mass is 10.0. The third-order valence-corrected chi connectivity index (χ3v) is 5.49. The van der Waals surface area contributed by atoms with Gasteiger partial charge in [0.25, 0.3) is 0 Å². The Kier molecular flexibility index (Phi) is 21.8. The average Bonchev–Trinajstić information content (AvgIpc) is 2.70. The Morgan fingerprint density at radius 1 is 0.536 bits per heavy atom. The Morgan fingerprint density at radius 3 is 1.36 bits per heavy atom. The molecule has 0 aliphatic rings. The molecule has 1 aromatic heterocycles. The molecule has 0 radical (unpaired) electrons. The fourth-order valence-electron chi connectivity index (χ4n) is 3.69. The van der Waals surface area contributed by atoms with Crippen LogP contribution in [-0.4, -0.2) is 0 Å². The van der Waals surface area contributed by atoms with E-state index in [1.165, 1.54) is 116 Å². The molecule has 162 valence electrons. The minimum absolute atomic E-state index is 0. The first-order valence-electron chi connectivity index (χ1n) is 12.1. The molecule has 0 amide bonds. The maximum Gasteiger partial charge on any atom is 0.174 e. The number of hydrogen-bond acceptors (Lipinski definition) is 0. The summed E-state index contributed by atoms with van der Waals surface area (Å²) in [5, 5.41) is 0. The highest BCUT2D eigenvalue weighted by atomic mass is 35.5. The van der Waals surface area contributed by atoms with Crippen molar-refractivity contribution in [3.05, 3.63) is 36.7 Å². The zero-order chi connectivity index (χ0) is 19.3. The summed E-state index contributed by atoms with van der Waals surface area (Å²) in [5.74, 6) is 0. The van der Waals surface area contributed by atoms with Crippen LogP contribution < -0.4 is 17.0 Å². The van der Waals surface area contributed by atoms with Crippen molar-refractivity contribution in [2.75, 3.05) is 0 Å². The number of halogens is 1. The topological polar surface area (TPSA) is 3.88 Å². The summed E-state index contributed by atoms with van der Waals surface area (Å²) in [6.07, 6.45) is 34.4. The first kappa shape index (κ1) is 27.2. The molecule has 1 rings (SSSR count). The van der Waals surface area contributed by atoms with Crippen LogP contribution in [0.4, 0.5) is 0 Å². The van der Waals surface area contributed by atoms with Crippen LogP contribution in [0, 0.1) is 0 Å². The van der Waals surface area contributed by atoms with Crippen LogP contribution in [0.15, 0.2) is 36.7 Å². The van der Waals surface area contributed by atoms with E-state index in [1.54, 1.807) is 0 Å². The van der Waals surface area contributed by atoms with E-state index in [-0.39, 0.29) is 12.4 Å². The van der Waals surface area contributed by atoms with Crippen LogP contribution in [0.3, 0.4) is 0 Å². The van der Waals surface area contributed by atoms with E-state index in [4.69, 9.17) is 0 Å². The van der Waals surface area contributed by atoms with Crippen molar-refractivity contribution in [1.29, 1.82) is 0 Å². The Morgan fingerprint density at radius 2 is 0.929 bits per heavy atom. The van der Waals surface area contributed by atoms with Gasteiger partial charge < -0.3 is 12.4 Å². The molecule has 0 N–H and O–H groups in total. The molecule has 1 nitrogen and oxygen atoms in total. The summed E-state index contributed by atoms with van der Waals surface area (Å²) >= 11 is 0. The second-order valence-electron chi connectivity index (χ2n) is 8.15. The van der Waals surface area contributed by atoms with Crippen LogP contribution in [0.1, 0.15) is 122 Å². The molecular formula is C26H46ClN. The van der Waals surface area contributed by atoms with E-state index in [0.29, 0.717) is 0 Å². The van der Waals surface area contributed by atoms with Gasteiger partial charge >= 0.3 is 0 Å². The van der Waals surface area contributed by atoms with Gasteiger partial charge in [0, 0.05) is 12.1 Å².